The Balaban J connectivity index is 0.000000335. The molecule has 0 saturated carbocycles. The third kappa shape index (κ3) is 10.4. The van der Waals surface area contributed by atoms with Crippen LogP contribution in [0.25, 0.3) is 10.9 Å². The lowest BCUT2D eigenvalue weighted by molar-refractivity contribution is -0.130. The van der Waals surface area contributed by atoms with Crippen molar-refractivity contribution in [1.82, 2.24) is 15.0 Å². The number of carbonyl (C=O) groups is 3. The van der Waals surface area contributed by atoms with E-state index in [9.17, 15) is 14.4 Å². The molecule has 5 N–H and O–H groups in total. The largest absolute Gasteiger partial charge is 0.372 e. The van der Waals surface area contributed by atoms with Gasteiger partial charge < -0.3 is 25.9 Å². The van der Waals surface area contributed by atoms with Crippen molar-refractivity contribution in [3.8, 4) is 0 Å². The molecule has 4 rings (SSSR count). The highest BCUT2D eigenvalue weighted by atomic mass is 16.5. The van der Waals surface area contributed by atoms with Gasteiger partial charge in [-0.05, 0) is 55.2 Å². The maximum atomic E-state index is 12.1. The lowest BCUT2D eigenvalue weighted by Gasteiger charge is -2.21. The first-order valence-electron chi connectivity index (χ1n) is 13.1. The van der Waals surface area contributed by atoms with Crippen molar-refractivity contribution in [2.75, 3.05) is 13.1 Å². The van der Waals surface area contributed by atoms with Crippen molar-refractivity contribution in [2.45, 2.75) is 67.7 Å². The van der Waals surface area contributed by atoms with Crippen LogP contribution in [0.2, 0.25) is 0 Å². The van der Waals surface area contributed by atoms with Crippen LogP contribution in [0.5, 0.6) is 0 Å². The Morgan fingerprint density at radius 2 is 1.85 bits per heavy atom. The van der Waals surface area contributed by atoms with E-state index in [1.165, 1.54) is 0 Å². The molecule has 10 nitrogen and oxygen atoms in total. The van der Waals surface area contributed by atoms with Gasteiger partial charge in [0.1, 0.15) is 5.76 Å². The molecule has 0 radical (unpaired) electrons. The van der Waals surface area contributed by atoms with E-state index in [0.29, 0.717) is 30.1 Å². The van der Waals surface area contributed by atoms with Crippen LogP contribution >= 0.6 is 0 Å². The minimum absolute atomic E-state index is 0.138. The highest BCUT2D eigenvalue weighted by Gasteiger charge is 2.38. The van der Waals surface area contributed by atoms with Gasteiger partial charge in [0.15, 0.2) is 0 Å². The van der Waals surface area contributed by atoms with E-state index in [1.807, 2.05) is 62.9 Å². The second-order valence-electron chi connectivity index (χ2n) is 10.1. The van der Waals surface area contributed by atoms with Gasteiger partial charge in [-0.1, -0.05) is 51.4 Å². The van der Waals surface area contributed by atoms with Gasteiger partial charge in [0.2, 0.25) is 18.2 Å². The van der Waals surface area contributed by atoms with Crippen molar-refractivity contribution in [3.05, 3.63) is 63.3 Å². The number of aromatic amines is 1. The Bertz CT molecular complexity index is 1290. The van der Waals surface area contributed by atoms with Gasteiger partial charge in [0, 0.05) is 36.7 Å². The number of aryl methyl sites for hydroxylation is 3. The number of nitrogens with two attached hydrogens (primary N) is 2. The van der Waals surface area contributed by atoms with Crippen molar-refractivity contribution < 1.29 is 18.9 Å². The molecule has 1 aliphatic heterocycles. The molecule has 0 spiro atoms. The first kappa shape index (κ1) is 33.1. The predicted molar refractivity (Wildman–Crippen MR) is 153 cm³/mol. The summed E-state index contributed by atoms with van der Waals surface area (Å²) in [6, 6.07) is 9.47. The van der Waals surface area contributed by atoms with Crippen LogP contribution in [0.1, 0.15) is 63.6 Å². The molecule has 1 saturated heterocycles. The number of H-pyrrole nitrogens is 1. The summed E-state index contributed by atoms with van der Waals surface area (Å²) in [5, 5.41) is 4.77. The number of nitrogens with one attached hydrogen (secondary N) is 1. The van der Waals surface area contributed by atoms with Crippen LogP contribution in [0.3, 0.4) is 0 Å². The van der Waals surface area contributed by atoms with E-state index >= 15 is 0 Å². The van der Waals surface area contributed by atoms with Crippen LogP contribution in [0.4, 0.5) is 0 Å². The molecule has 214 valence electrons. The Hall–Kier alpha value is -3.95. The van der Waals surface area contributed by atoms with Gasteiger partial charge in [0.25, 0.3) is 5.56 Å². The minimum atomic E-state index is -0.395. The Morgan fingerprint density at radius 3 is 2.36 bits per heavy atom. The van der Waals surface area contributed by atoms with Crippen molar-refractivity contribution >= 4 is 29.1 Å². The fourth-order valence-electron chi connectivity index (χ4n) is 4.06. The van der Waals surface area contributed by atoms with Gasteiger partial charge in [-0.2, -0.15) is 0 Å². The Kier molecular flexibility index (Phi) is 13.1. The van der Waals surface area contributed by atoms with Crippen LogP contribution in [0.15, 0.2) is 39.6 Å². The summed E-state index contributed by atoms with van der Waals surface area (Å²) in [4.78, 5) is 47.8. The van der Waals surface area contributed by atoms with Crippen molar-refractivity contribution in [2.24, 2.45) is 22.8 Å². The molecule has 1 fully saturated rings. The second-order valence-corrected chi connectivity index (χ2v) is 10.1. The number of pyridine rings is 1. The monoisotopic (exact) mass is 541 g/mol. The molecule has 3 amide bonds. The third-order valence-electron chi connectivity index (χ3n) is 6.50. The van der Waals surface area contributed by atoms with Gasteiger partial charge in [0.05, 0.1) is 12.1 Å². The smallest absolute Gasteiger partial charge is 0.251 e. The van der Waals surface area contributed by atoms with Crippen LogP contribution in [-0.2, 0) is 27.2 Å². The summed E-state index contributed by atoms with van der Waals surface area (Å²) >= 11 is 0. The van der Waals surface area contributed by atoms with E-state index < -0.39 is 5.91 Å². The molecule has 10 heteroatoms. The molecule has 1 aromatic carbocycles. The highest BCUT2D eigenvalue weighted by molar-refractivity contribution is 5.80. The predicted octanol–water partition coefficient (Wildman–Crippen LogP) is 3.41. The van der Waals surface area contributed by atoms with Gasteiger partial charge in [-0.3, -0.25) is 19.2 Å². The van der Waals surface area contributed by atoms with Crippen molar-refractivity contribution in [3.63, 3.8) is 0 Å². The number of rotatable bonds is 5. The molecule has 2 aromatic heterocycles. The lowest BCUT2D eigenvalue weighted by atomic mass is 9.84. The van der Waals surface area contributed by atoms with Gasteiger partial charge >= 0.3 is 0 Å². The fraction of sp³-hybridized carbons (Fsp3) is 0.483. The SMILES string of the molecule is CC.Cc1cc(CC(=O)N2CC(C)C(C)(C)C2)on1.Cc1ccc2[nH]c(=O)c(CCC(N)=O)cc2c1.NC=O. The highest BCUT2D eigenvalue weighted by Crippen LogP contribution is 2.34. The van der Waals surface area contributed by atoms with E-state index in [0.717, 1.165) is 35.2 Å². The Morgan fingerprint density at radius 1 is 1.21 bits per heavy atom. The molecule has 0 aliphatic carbocycles. The molecular weight excluding hydrogens is 498 g/mol. The summed E-state index contributed by atoms with van der Waals surface area (Å²) < 4.78 is 5.08. The standard InChI is InChI=1S/C13H20N2O2.C13H14N2O2.C2H6.CH3NO/c1-9-7-15(8-13(9,3)4)12(16)6-11-5-10(2)14-17-11;1-8-2-4-11-10(6-8)7-9(13(17)15-11)3-5-12(14)16;1-2;2-1-3/h5,9H,6-8H2,1-4H3;2,4,6-7H,3,5H2,1H3,(H2,14,16)(H,15,17);1-2H3;1H,(H2,2,3). The maximum absolute atomic E-state index is 12.1. The second kappa shape index (κ2) is 15.5. The zero-order valence-electron chi connectivity index (χ0n) is 24.2. The number of carbonyl (C=O) groups excluding carboxylic acids is 3. The summed E-state index contributed by atoms with van der Waals surface area (Å²) in [6.07, 6.45) is 1.15. The quantitative estimate of drug-likeness (QED) is 0.419. The van der Waals surface area contributed by atoms with Crippen LogP contribution < -0.4 is 17.0 Å². The zero-order chi connectivity index (χ0) is 29.8. The number of aromatic nitrogens is 2. The molecule has 1 atom stereocenters. The lowest BCUT2D eigenvalue weighted by Crippen LogP contribution is -2.31. The number of amides is 3. The van der Waals surface area contributed by atoms with E-state index in [2.05, 4.69) is 36.6 Å². The Labute approximate surface area is 230 Å². The summed E-state index contributed by atoms with van der Waals surface area (Å²) in [7, 11) is 0. The number of hydrogen-bond acceptors (Lipinski definition) is 6. The number of primary amides is 2. The number of fused-ring (bicyclic) bond motifs is 1. The number of nitrogens with zero attached hydrogens (tertiary/aromatic N) is 2. The average molecular weight is 542 g/mol. The molecule has 1 aliphatic rings. The van der Waals surface area contributed by atoms with E-state index in [4.69, 9.17) is 15.1 Å². The van der Waals surface area contributed by atoms with E-state index in [1.54, 1.807) is 0 Å². The van der Waals surface area contributed by atoms with Gasteiger partial charge in [-0.15, -0.1) is 0 Å². The fourth-order valence-corrected chi connectivity index (χ4v) is 4.06. The molecule has 1 unspecified atom stereocenters. The first-order valence-corrected chi connectivity index (χ1v) is 13.1. The van der Waals surface area contributed by atoms with Crippen LogP contribution in [-0.4, -0.2) is 46.4 Å². The van der Waals surface area contributed by atoms with Crippen LogP contribution in [0, 0.1) is 25.2 Å². The van der Waals surface area contributed by atoms with E-state index in [-0.39, 0.29) is 29.7 Å². The maximum Gasteiger partial charge on any atom is 0.251 e. The average Bonchev–Trinajstić information content (AvgIpc) is 3.40. The third-order valence-corrected chi connectivity index (χ3v) is 6.50. The summed E-state index contributed by atoms with van der Waals surface area (Å²) in [5.74, 6) is 0.945. The molecular formula is C29H43N5O5. The topological polar surface area (TPSA) is 165 Å². The van der Waals surface area contributed by atoms with Crippen molar-refractivity contribution in [1.29, 1.82) is 0 Å². The summed E-state index contributed by atoms with van der Waals surface area (Å²) in [5.41, 5.74) is 12.7. The normalized spacial score (nSPS) is 15.2. The first-order chi connectivity index (χ1) is 18.4. The molecule has 3 heterocycles. The molecule has 3 aromatic rings. The number of likely N-dealkylation sites (tertiary alicyclic amines) is 1. The van der Waals surface area contributed by atoms with Gasteiger partial charge in [-0.25, -0.2) is 0 Å². The zero-order valence-corrected chi connectivity index (χ0v) is 24.2. The number of hydrogen-bond donors (Lipinski definition) is 3. The number of benzene rings is 1. The minimum Gasteiger partial charge on any atom is -0.372 e. The summed E-state index contributed by atoms with van der Waals surface area (Å²) in [6.45, 7) is 16.2. The molecule has 0 bridgehead atoms. The molecule has 39 heavy (non-hydrogen) atoms.